The first kappa shape index (κ1) is 15.9. The summed E-state index contributed by atoms with van der Waals surface area (Å²) in [6.07, 6.45) is 4.39. The van der Waals surface area contributed by atoms with Gasteiger partial charge in [0.25, 0.3) is 0 Å². The molecule has 1 aromatic carbocycles. The minimum atomic E-state index is -0.0288. The summed E-state index contributed by atoms with van der Waals surface area (Å²) in [6, 6.07) is 10.2. The summed E-state index contributed by atoms with van der Waals surface area (Å²) in [7, 11) is 0. The number of amides is 1. The van der Waals surface area contributed by atoms with Crippen molar-refractivity contribution < 1.29 is 9.90 Å². The van der Waals surface area contributed by atoms with Gasteiger partial charge in [0.05, 0.1) is 6.61 Å². The molecule has 2 aromatic rings. The van der Waals surface area contributed by atoms with Crippen molar-refractivity contribution in [3.63, 3.8) is 0 Å². The van der Waals surface area contributed by atoms with Gasteiger partial charge < -0.3 is 15.0 Å². The molecule has 0 spiro atoms. The van der Waals surface area contributed by atoms with Gasteiger partial charge in [-0.2, -0.15) is 11.8 Å². The topological polar surface area (TPSA) is 54.3 Å². The van der Waals surface area contributed by atoms with Crippen molar-refractivity contribution in [1.82, 2.24) is 9.88 Å². The molecule has 2 unspecified atom stereocenters. The zero-order valence-electron chi connectivity index (χ0n) is 12.5. The molecule has 2 rings (SSSR count). The largest absolute Gasteiger partial charge is 0.395 e. The summed E-state index contributed by atoms with van der Waals surface area (Å²) in [6.45, 7) is 2.67. The number of nitrogens with zero attached hydrogens (tertiary/aromatic N) is 1. The molecule has 0 bridgehead atoms. The highest BCUT2D eigenvalue weighted by Crippen LogP contribution is 2.15. The van der Waals surface area contributed by atoms with Crippen molar-refractivity contribution in [3.05, 3.63) is 36.5 Å². The van der Waals surface area contributed by atoms with Crippen LogP contribution in [0.4, 0.5) is 0 Å². The first-order chi connectivity index (χ1) is 10.2. The van der Waals surface area contributed by atoms with Crippen molar-refractivity contribution in [2.75, 3.05) is 12.9 Å². The zero-order valence-corrected chi connectivity index (χ0v) is 13.3. The number of carbonyl (C=O) groups excluding carboxylic acids is 1. The number of carbonyl (C=O) groups is 1. The standard InChI is InChI=1S/C16H22N2O2S/c1-12(15(11-19)21-2)17-16(20)8-10-18-9-7-13-5-3-4-6-14(13)18/h3-7,9,12,15,19H,8,10-11H2,1-2H3,(H,17,20). The molecule has 0 aliphatic carbocycles. The fraction of sp³-hybridized carbons (Fsp3) is 0.438. The molecule has 1 amide bonds. The maximum Gasteiger partial charge on any atom is 0.222 e. The van der Waals surface area contributed by atoms with E-state index in [-0.39, 0.29) is 23.8 Å². The maximum absolute atomic E-state index is 12.0. The predicted molar refractivity (Wildman–Crippen MR) is 88.5 cm³/mol. The average molecular weight is 306 g/mol. The Morgan fingerprint density at radius 3 is 2.86 bits per heavy atom. The predicted octanol–water partition coefficient (Wildman–Crippen LogP) is 2.26. The van der Waals surface area contributed by atoms with E-state index in [1.165, 1.54) is 5.39 Å². The van der Waals surface area contributed by atoms with E-state index in [0.717, 1.165) is 5.52 Å². The van der Waals surface area contributed by atoms with Gasteiger partial charge in [-0.15, -0.1) is 0 Å². The number of aromatic nitrogens is 1. The smallest absolute Gasteiger partial charge is 0.222 e. The average Bonchev–Trinajstić information content (AvgIpc) is 2.89. The first-order valence-electron chi connectivity index (χ1n) is 7.12. The van der Waals surface area contributed by atoms with E-state index in [1.54, 1.807) is 11.8 Å². The quantitative estimate of drug-likeness (QED) is 0.825. The molecule has 2 atom stereocenters. The Labute approximate surface area is 129 Å². The molecule has 21 heavy (non-hydrogen) atoms. The molecule has 0 aliphatic heterocycles. The van der Waals surface area contributed by atoms with Crippen LogP contribution in [-0.4, -0.2) is 39.7 Å². The van der Waals surface area contributed by atoms with Crippen LogP contribution in [-0.2, 0) is 11.3 Å². The Kier molecular flexibility index (Phi) is 5.70. The van der Waals surface area contributed by atoms with Gasteiger partial charge in [-0.25, -0.2) is 0 Å². The molecule has 5 heteroatoms. The number of aryl methyl sites for hydroxylation is 1. The van der Waals surface area contributed by atoms with E-state index in [1.807, 2.05) is 31.5 Å². The number of benzene rings is 1. The van der Waals surface area contributed by atoms with E-state index < -0.39 is 0 Å². The summed E-state index contributed by atoms with van der Waals surface area (Å²) < 4.78 is 2.09. The second kappa shape index (κ2) is 7.52. The normalized spacial score (nSPS) is 14.0. The molecule has 1 aromatic heterocycles. The Bertz CT molecular complexity index is 593. The Hall–Kier alpha value is -1.46. The summed E-state index contributed by atoms with van der Waals surface area (Å²) in [4.78, 5) is 12.0. The number of para-hydroxylation sites is 1. The van der Waals surface area contributed by atoms with Crippen LogP contribution < -0.4 is 5.32 Å². The Balaban J connectivity index is 1.89. The highest BCUT2D eigenvalue weighted by atomic mass is 32.2. The third-order valence-electron chi connectivity index (χ3n) is 3.69. The van der Waals surface area contributed by atoms with Gasteiger partial charge >= 0.3 is 0 Å². The number of nitrogens with one attached hydrogen (secondary N) is 1. The number of hydrogen-bond donors (Lipinski definition) is 2. The van der Waals surface area contributed by atoms with Gasteiger partial charge in [0.2, 0.25) is 5.91 Å². The molecule has 0 fully saturated rings. The molecule has 2 N–H and O–H groups in total. The van der Waals surface area contributed by atoms with E-state index in [9.17, 15) is 9.90 Å². The molecule has 114 valence electrons. The fourth-order valence-electron chi connectivity index (χ4n) is 2.41. The second-order valence-corrected chi connectivity index (χ2v) is 6.21. The third kappa shape index (κ3) is 4.02. The summed E-state index contributed by atoms with van der Waals surface area (Å²) in [5.74, 6) is 0.0211. The Morgan fingerprint density at radius 1 is 1.38 bits per heavy atom. The van der Waals surface area contributed by atoms with Gasteiger partial charge in [0, 0.05) is 36.0 Å². The van der Waals surface area contributed by atoms with E-state index >= 15 is 0 Å². The highest BCUT2D eigenvalue weighted by molar-refractivity contribution is 7.99. The number of hydrogen-bond acceptors (Lipinski definition) is 3. The zero-order chi connectivity index (χ0) is 15.2. The number of rotatable bonds is 7. The minimum absolute atomic E-state index is 0.0211. The fourth-order valence-corrected chi connectivity index (χ4v) is 3.04. The van der Waals surface area contributed by atoms with Gasteiger partial charge in [0.1, 0.15) is 0 Å². The van der Waals surface area contributed by atoms with Crippen molar-refractivity contribution in [3.8, 4) is 0 Å². The van der Waals surface area contributed by atoms with Crippen LogP contribution >= 0.6 is 11.8 Å². The number of thioether (sulfide) groups is 1. The van der Waals surface area contributed by atoms with Crippen molar-refractivity contribution in [2.24, 2.45) is 0 Å². The van der Waals surface area contributed by atoms with E-state index in [2.05, 4.69) is 28.1 Å². The third-order valence-corrected chi connectivity index (χ3v) is 4.85. The molecule has 0 saturated heterocycles. The first-order valence-corrected chi connectivity index (χ1v) is 8.41. The summed E-state index contributed by atoms with van der Waals surface area (Å²) in [5, 5.41) is 13.4. The lowest BCUT2D eigenvalue weighted by molar-refractivity contribution is -0.121. The SMILES string of the molecule is CSC(CO)C(C)NC(=O)CCn1ccc2ccccc21. The van der Waals surface area contributed by atoms with E-state index in [4.69, 9.17) is 0 Å². The molecule has 0 aliphatic rings. The van der Waals surface area contributed by atoms with Crippen molar-refractivity contribution in [1.29, 1.82) is 0 Å². The summed E-state index contributed by atoms with van der Waals surface area (Å²) >= 11 is 1.57. The minimum Gasteiger partial charge on any atom is -0.395 e. The van der Waals surface area contributed by atoms with Crippen LogP contribution in [0.5, 0.6) is 0 Å². The highest BCUT2D eigenvalue weighted by Gasteiger charge is 2.17. The van der Waals surface area contributed by atoms with Crippen LogP contribution in [0.2, 0.25) is 0 Å². The van der Waals surface area contributed by atoms with Crippen LogP contribution in [0, 0.1) is 0 Å². The lowest BCUT2D eigenvalue weighted by Crippen LogP contribution is -2.41. The second-order valence-electron chi connectivity index (χ2n) is 5.13. The summed E-state index contributed by atoms with van der Waals surface area (Å²) in [5.41, 5.74) is 1.15. The lowest BCUT2D eigenvalue weighted by Gasteiger charge is -2.21. The van der Waals surface area contributed by atoms with Gasteiger partial charge in [-0.1, -0.05) is 18.2 Å². The molecular weight excluding hydrogens is 284 g/mol. The number of aliphatic hydroxyl groups is 1. The molecule has 1 heterocycles. The maximum atomic E-state index is 12.0. The number of fused-ring (bicyclic) bond motifs is 1. The van der Waals surface area contributed by atoms with Crippen LogP contribution in [0.15, 0.2) is 36.5 Å². The molecule has 0 radical (unpaired) electrons. The van der Waals surface area contributed by atoms with Gasteiger partial charge in [0.15, 0.2) is 0 Å². The van der Waals surface area contributed by atoms with Crippen molar-refractivity contribution in [2.45, 2.75) is 31.2 Å². The van der Waals surface area contributed by atoms with Gasteiger partial charge in [-0.05, 0) is 30.7 Å². The lowest BCUT2D eigenvalue weighted by atomic mass is 10.2. The molecule has 4 nitrogen and oxygen atoms in total. The van der Waals surface area contributed by atoms with Crippen LogP contribution in [0.1, 0.15) is 13.3 Å². The number of aliphatic hydroxyl groups excluding tert-OH is 1. The van der Waals surface area contributed by atoms with E-state index in [0.29, 0.717) is 13.0 Å². The van der Waals surface area contributed by atoms with Crippen LogP contribution in [0.25, 0.3) is 10.9 Å². The monoisotopic (exact) mass is 306 g/mol. The molecule has 0 saturated carbocycles. The van der Waals surface area contributed by atoms with Gasteiger partial charge in [-0.3, -0.25) is 4.79 Å². The molecular formula is C16H22N2O2S. The van der Waals surface area contributed by atoms with Crippen molar-refractivity contribution >= 4 is 28.6 Å². The van der Waals surface area contributed by atoms with Crippen LogP contribution in [0.3, 0.4) is 0 Å². The Morgan fingerprint density at radius 2 is 2.14 bits per heavy atom.